The van der Waals surface area contributed by atoms with Crippen LogP contribution in [0.4, 0.5) is 0 Å². The van der Waals surface area contributed by atoms with Gasteiger partial charge >= 0.3 is 5.97 Å². The van der Waals surface area contributed by atoms with Crippen LogP contribution in [-0.2, 0) is 27.2 Å². The predicted molar refractivity (Wildman–Crippen MR) is 27.6 cm³/mol. The van der Waals surface area contributed by atoms with Crippen LogP contribution in [-0.4, -0.2) is 16.5 Å². The molecule has 0 spiro atoms. The fourth-order valence-electron chi connectivity index (χ4n) is 0.175. The van der Waals surface area contributed by atoms with Crippen molar-refractivity contribution in [2.75, 3.05) is 0 Å². The minimum absolute atomic E-state index is 0. The number of alkyl halides is 1. The zero-order chi connectivity index (χ0) is 5.86. The molecule has 0 aliphatic carbocycles. The van der Waals surface area contributed by atoms with Crippen LogP contribution < -0.4 is 0 Å². The maximum Gasteiger partial charge on any atom is 0.321 e. The molecular weight excluding hydrogens is 223 g/mol. The van der Waals surface area contributed by atoms with Crippen LogP contribution in [0, 0.1) is 0 Å². The number of halogens is 1. The first-order valence-corrected chi connectivity index (χ1v) is 2.49. The van der Waals surface area contributed by atoms with Crippen LogP contribution in [0.1, 0.15) is 13.3 Å². The van der Waals surface area contributed by atoms with Gasteiger partial charge < -0.3 is 5.11 Å². The number of aliphatic carboxylic acids is 1. The van der Waals surface area contributed by atoms with Gasteiger partial charge in [0.15, 0.2) is 0 Å². The molecule has 0 aromatic carbocycles. The maximum absolute atomic E-state index is 9.80. The summed E-state index contributed by atoms with van der Waals surface area (Å²) in [7, 11) is 0. The van der Waals surface area contributed by atoms with Crippen LogP contribution in [0.3, 0.4) is 0 Å². The largest absolute Gasteiger partial charge is 0.480 e. The summed E-state index contributed by atoms with van der Waals surface area (Å²) in [6.45, 7) is 1.73. The van der Waals surface area contributed by atoms with Crippen molar-refractivity contribution in [3.8, 4) is 0 Å². The van der Waals surface area contributed by atoms with Crippen LogP contribution in [0.15, 0.2) is 0 Å². The third-order valence-corrected chi connectivity index (χ3v) is 1.12. The summed E-state index contributed by atoms with van der Waals surface area (Å²) < 4.78 is 0. The topological polar surface area (TPSA) is 37.3 Å². The van der Waals surface area contributed by atoms with E-state index in [1.807, 2.05) is 0 Å². The van der Waals surface area contributed by atoms with Gasteiger partial charge in [-0.1, -0.05) is 6.92 Å². The number of carboxylic acid groups (broad SMARTS) is 1. The Labute approximate surface area is 68.7 Å². The summed E-state index contributed by atoms with van der Waals surface area (Å²) in [6.07, 6.45) is 0.483. The standard InChI is InChI=1S/C4H7ClO2.Ag/c1-2-3(5)4(6)7;/h3H,2H2,1H3,(H,6,7);. The molecule has 2 nitrogen and oxygen atoms in total. The Hall–Kier alpha value is 0.500. The van der Waals surface area contributed by atoms with E-state index in [0.717, 1.165) is 0 Å². The van der Waals surface area contributed by atoms with Gasteiger partial charge in [0.25, 0.3) is 0 Å². The third kappa shape index (κ3) is 4.65. The summed E-state index contributed by atoms with van der Waals surface area (Å²) in [5.74, 6) is -0.941. The summed E-state index contributed by atoms with van der Waals surface area (Å²) in [5, 5.41) is 7.34. The van der Waals surface area contributed by atoms with Crippen LogP contribution in [0.25, 0.3) is 0 Å². The van der Waals surface area contributed by atoms with Gasteiger partial charge in [0.1, 0.15) is 5.38 Å². The molecule has 0 aliphatic rings. The van der Waals surface area contributed by atoms with Gasteiger partial charge in [0.05, 0.1) is 0 Å². The molecule has 0 amide bonds. The average molecular weight is 230 g/mol. The first kappa shape index (κ1) is 11.3. The number of carboxylic acids is 1. The van der Waals surface area contributed by atoms with E-state index in [2.05, 4.69) is 0 Å². The molecule has 8 heavy (non-hydrogen) atoms. The van der Waals surface area contributed by atoms with Crippen molar-refractivity contribution in [3.05, 3.63) is 0 Å². The summed E-state index contributed by atoms with van der Waals surface area (Å²) in [4.78, 5) is 9.80. The van der Waals surface area contributed by atoms with Gasteiger partial charge in [-0.05, 0) is 6.42 Å². The Morgan fingerprint density at radius 3 is 2.25 bits per heavy atom. The van der Waals surface area contributed by atoms with Crippen molar-refractivity contribution in [2.45, 2.75) is 18.7 Å². The van der Waals surface area contributed by atoms with Crippen LogP contribution >= 0.6 is 11.6 Å². The molecule has 0 fully saturated rings. The van der Waals surface area contributed by atoms with Gasteiger partial charge in [0, 0.05) is 22.4 Å². The Bertz CT molecular complexity index is 76.4. The fraction of sp³-hybridized carbons (Fsp3) is 0.750. The molecule has 1 atom stereocenters. The van der Waals surface area contributed by atoms with E-state index in [1.54, 1.807) is 6.92 Å². The van der Waals surface area contributed by atoms with E-state index < -0.39 is 11.3 Å². The van der Waals surface area contributed by atoms with Crippen molar-refractivity contribution < 1.29 is 32.3 Å². The first-order valence-electron chi connectivity index (χ1n) is 2.05. The molecule has 1 N–H and O–H groups in total. The van der Waals surface area contributed by atoms with Gasteiger partial charge in [0.2, 0.25) is 0 Å². The van der Waals surface area contributed by atoms with Crippen molar-refractivity contribution in [2.24, 2.45) is 0 Å². The molecule has 0 saturated carbocycles. The van der Waals surface area contributed by atoms with E-state index in [-0.39, 0.29) is 22.4 Å². The molecule has 0 aromatic heterocycles. The smallest absolute Gasteiger partial charge is 0.321 e. The van der Waals surface area contributed by atoms with Crippen molar-refractivity contribution in [1.29, 1.82) is 0 Å². The van der Waals surface area contributed by atoms with Gasteiger partial charge in [-0.2, -0.15) is 0 Å². The minimum Gasteiger partial charge on any atom is -0.480 e. The van der Waals surface area contributed by atoms with Crippen molar-refractivity contribution in [3.63, 3.8) is 0 Å². The Kier molecular flexibility index (Phi) is 7.97. The van der Waals surface area contributed by atoms with Crippen molar-refractivity contribution >= 4 is 17.6 Å². The van der Waals surface area contributed by atoms with Gasteiger partial charge in [-0.3, -0.25) is 4.79 Å². The van der Waals surface area contributed by atoms with Crippen LogP contribution in [0.2, 0.25) is 0 Å². The number of carbonyl (C=O) groups is 1. The molecule has 0 aromatic rings. The average Bonchev–Trinajstić information content (AvgIpc) is 1.65. The van der Waals surface area contributed by atoms with E-state index in [0.29, 0.717) is 6.42 Å². The molecule has 1 unspecified atom stereocenters. The Morgan fingerprint density at radius 2 is 2.25 bits per heavy atom. The maximum atomic E-state index is 9.80. The van der Waals surface area contributed by atoms with Crippen molar-refractivity contribution in [1.82, 2.24) is 0 Å². The second kappa shape index (κ2) is 5.63. The number of hydrogen-bond acceptors (Lipinski definition) is 1. The SMILES string of the molecule is CCC(Cl)C(=O)O.[Ag]. The molecule has 0 heterocycles. The van der Waals surface area contributed by atoms with Gasteiger partial charge in [-0.15, -0.1) is 11.6 Å². The second-order valence-corrected chi connectivity index (χ2v) is 1.74. The van der Waals surface area contributed by atoms with Gasteiger partial charge in [-0.25, -0.2) is 0 Å². The van der Waals surface area contributed by atoms with E-state index in [9.17, 15) is 4.79 Å². The number of rotatable bonds is 2. The molecule has 1 radical (unpaired) electrons. The van der Waals surface area contributed by atoms with Crippen LogP contribution in [0.5, 0.6) is 0 Å². The molecule has 0 bridgehead atoms. The Balaban J connectivity index is 0. The molecule has 0 rings (SSSR count). The van der Waals surface area contributed by atoms with E-state index >= 15 is 0 Å². The van der Waals surface area contributed by atoms with E-state index in [4.69, 9.17) is 16.7 Å². The zero-order valence-electron chi connectivity index (χ0n) is 4.32. The molecule has 0 aliphatic heterocycles. The molecule has 4 heteroatoms. The first-order chi connectivity index (χ1) is 3.18. The zero-order valence-corrected chi connectivity index (χ0v) is 6.56. The molecule has 0 saturated heterocycles. The number of hydrogen-bond donors (Lipinski definition) is 1. The third-order valence-electron chi connectivity index (χ3n) is 0.626. The quantitative estimate of drug-likeness (QED) is 0.569. The Morgan fingerprint density at radius 1 is 1.88 bits per heavy atom. The van der Waals surface area contributed by atoms with E-state index in [1.165, 1.54) is 0 Å². The molecular formula is C4H7AgClO2. The summed E-state index contributed by atoms with van der Waals surface area (Å²) in [5.41, 5.74) is 0. The minimum atomic E-state index is -0.941. The monoisotopic (exact) mass is 229 g/mol. The second-order valence-electron chi connectivity index (χ2n) is 1.21. The predicted octanol–water partition coefficient (Wildman–Crippen LogP) is 1.09. The summed E-state index contributed by atoms with van der Waals surface area (Å²) >= 11 is 5.20. The normalized spacial score (nSPS) is 11.8. The molecule has 53 valence electrons. The fourth-order valence-corrected chi connectivity index (χ4v) is 0.175. The summed E-state index contributed by atoms with van der Waals surface area (Å²) in [6, 6.07) is 0.